The summed E-state index contributed by atoms with van der Waals surface area (Å²) in [6.07, 6.45) is 3.32. The Morgan fingerprint density at radius 1 is 1.24 bits per heavy atom. The summed E-state index contributed by atoms with van der Waals surface area (Å²) in [5, 5.41) is 13.2. The Morgan fingerprint density at radius 2 is 2.00 bits per heavy atom. The van der Waals surface area contributed by atoms with Gasteiger partial charge >= 0.3 is 0 Å². The van der Waals surface area contributed by atoms with Crippen molar-refractivity contribution in [2.45, 2.75) is 20.4 Å². The average molecular weight is 336 g/mol. The molecule has 0 aliphatic carbocycles. The Kier molecular flexibility index (Phi) is 4.65. The van der Waals surface area contributed by atoms with Crippen molar-refractivity contribution in [3.05, 3.63) is 65.0 Å². The van der Waals surface area contributed by atoms with Crippen LogP contribution in [-0.4, -0.2) is 21.1 Å². The van der Waals surface area contributed by atoms with E-state index in [1.165, 1.54) is 11.1 Å². The fourth-order valence-electron chi connectivity index (χ4n) is 2.74. The lowest BCUT2D eigenvalue weighted by molar-refractivity contribution is 0.100. The Bertz CT molecular complexity index is 868. The van der Waals surface area contributed by atoms with Crippen LogP contribution in [0.25, 0.3) is 0 Å². The summed E-state index contributed by atoms with van der Waals surface area (Å²) in [7, 11) is 0. The highest BCUT2D eigenvalue weighted by Gasteiger charge is 2.18. The van der Waals surface area contributed by atoms with Crippen LogP contribution in [0.2, 0.25) is 0 Å². The van der Waals surface area contributed by atoms with Crippen molar-refractivity contribution < 1.29 is 4.79 Å². The van der Waals surface area contributed by atoms with Crippen molar-refractivity contribution in [3.8, 4) is 0 Å². The number of nitrogens with two attached hydrogens (primary N) is 1. The molecule has 0 spiro atoms. The number of amides is 1. The second kappa shape index (κ2) is 7.04. The normalized spacial score (nSPS) is 10.5. The molecule has 0 saturated heterocycles. The van der Waals surface area contributed by atoms with Crippen LogP contribution in [-0.2, 0) is 6.54 Å². The molecule has 1 aromatic carbocycles. The second-order valence-corrected chi connectivity index (χ2v) is 5.90. The molecule has 7 nitrogen and oxygen atoms in total. The third-order valence-electron chi connectivity index (χ3n) is 3.69. The number of anilines is 3. The number of primary amides is 1. The Hall–Kier alpha value is -3.35. The van der Waals surface area contributed by atoms with Crippen molar-refractivity contribution in [2.24, 2.45) is 5.73 Å². The molecule has 0 aliphatic heterocycles. The lowest BCUT2D eigenvalue weighted by Gasteiger charge is -2.08. The van der Waals surface area contributed by atoms with E-state index in [1.807, 2.05) is 6.07 Å². The van der Waals surface area contributed by atoms with Crippen LogP contribution in [0.1, 0.15) is 27.0 Å². The smallest absolute Gasteiger partial charge is 0.256 e. The molecule has 3 rings (SSSR count). The van der Waals surface area contributed by atoms with Crippen molar-refractivity contribution in [2.75, 3.05) is 10.6 Å². The molecule has 7 heteroatoms. The number of pyridine rings is 1. The van der Waals surface area contributed by atoms with Gasteiger partial charge in [-0.05, 0) is 31.5 Å². The van der Waals surface area contributed by atoms with Crippen molar-refractivity contribution in [1.82, 2.24) is 15.2 Å². The van der Waals surface area contributed by atoms with Crippen LogP contribution in [0, 0.1) is 13.8 Å². The number of carbonyl (C=O) groups is 1. The van der Waals surface area contributed by atoms with Crippen LogP contribution in [0.3, 0.4) is 0 Å². The SMILES string of the molecule is Cc1cc(C)cc(CNc2n[nH]c(Nc3cccnc3)c2C(N)=O)c1. The zero-order valence-electron chi connectivity index (χ0n) is 14.1. The molecule has 1 amide bonds. The summed E-state index contributed by atoms with van der Waals surface area (Å²) in [4.78, 5) is 15.9. The van der Waals surface area contributed by atoms with Gasteiger partial charge in [0.25, 0.3) is 5.91 Å². The van der Waals surface area contributed by atoms with Gasteiger partial charge in [0.2, 0.25) is 0 Å². The average Bonchev–Trinajstić information content (AvgIpc) is 2.96. The van der Waals surface area contributed by atoms with Gasteiger partial charge in [0.1, 0.15) is 11.4 Å². The largest absolute Gasteiger partial charge is 0.365 e. The highest BCUT2D eigenvalue weighted by Crippen LogP contribution is 2.24. The molecule has 0 radical (unpaired) electrons. The van der Waals surface area contributed by atoms with Gasteiger partial charge in [-0.15, -0.1) is 0 Å². The summed E-state index contributed by atoms with van der Waals surface area (Å²) >= 11 is 0. The number of nitrogens with zero attached hydrogens (tertiary/aromatic N) is 2. The molecular formula is C18H20N6O. The molecule has 0 bridgehead atoms. The minimum atomic E-state index is -0.567. The molecule has 25 heavy (non-hydrogen) atoms. The van der Waals surface area contributed by atoms with Gasteiger partial charge in [-0.3, -0.25) is 14.9 Å². The molecule has 0 saturated carbocycles. The molecule has 2 aromatic heterocycles. The van der Waals surface area contributed by atoms with E-state index in [9.17, 15) is 4.79 Å². The van der Waals surface area contributed by atoms with E-state index in [-0.39, 0.29) is 5.56 Å². The summed E-state index contributed by atoms with van der Waals surface area (Å²) in [6.45, 7) is 4.64. The predicted octanol–water partition coefficient (Wildman–Crippen LogP) is 2.88. The van der Waals surface area contributed by atoms with E-state index < -0.39 is 5.91 Å². The maximum absolute atomic E-state index is 11.9. The second-order valence-electron chi connectivity index (χ2n) is 5.90. The number of H-pyrrole nitrogens is 1. The number of aryl methyl sites for hydroxylation is 2. The lowest BCUT2D eigenvalue weighted by atomic mass is 10.1. The van der Waals surface area contributed by atoms with Gasteiger partial charge in [-0.2, -0.15) is 5.10 Å². The topological polar surface area (TPSA) is 109 Å². The quantitative estimate of drug-likeness (QED) is 0.553. The van der Waals surface area contributed by atoms with Crippen LogP contribution in [0.15, 0.2) is 42.7 Å². The number of aromatic nitrogens is 3. The zero-order chi connectivity index (χ0) is 17.8. The van der Waals surface area contributed by atoms with Crippen molar-refractivity contribution in [3.63, 3.8) is 0 Å². The van der Waals surface area contributed by atoms with Gasteiger partial charge in [0, 0.05) is 12.7 Å². The predicted molar refractivity (Wildman–Crippen MR) is 97.9 cm³/mol. The summed E-state index contributed by atoms with van der Waals surface area (Å²) in [5.74, 6) is 0.282. The van der Waals surface area contributed by atoms with Gasteiger partial charge in [-0.25, -0.2) is 0 Å². The Morgan fingerprint density at radius 3 is 2.64 bits per heavy atom. The van der Waals surface area contributed by atoms with E-state index in [0.717, 1.165) is 11.3 Å². The fraction of sp³-hybridized carbons (Fsp3) is 0.167. The maximum atomic E-state index is 11.9. The van der Waals surface area contributed by atoms with Crippen LogP contribution < -0.4 is 16.4 Å². The standard InChI is InChI=1S/C18H20N6O/c1-11-6-12(2)8-13(7-11)9-21-17-15(16(19)25)18(24-23-17)22-14-4-3-5-20-10-14/h3-8,10H,9H2,1-2H3,(H2,19,25)(H3,21,22,23,24). The monoisotopic (exact) mass is 336 g/mol. The number of hydrogen-bond acceptors (Lipinski definition) is 5. The van der Waals surface area contributed by atoms with Crippen LogP contribution in [0.4, 0.5) is 17.3 Å². The third-order valence-corrected chi connectivity index (χ3v) is 3.69. The van der Waals surface area contributed by atoms with Gasteiger partial charge in [0.15, 0.2) is 5.82 Å². The highest BCUT2D eigenvalue weighted by molar-refractivity contribution is 6.03. The van der Waals surface area contributed by atoms with Crippen molar-refractivity contribution in [1.29, 1.82) is 0 Å². The molecule has 0 atom stereocenters. The molecule has 0 aliphatic rings. The number of nitrogens with one attached hydrogen (secondary N) is 3. The Balaban J connectivity index is 1.80. The molecular weight excluding hydrogens is 316 g/mol. The summed E-state index contributed by atoms with van der Waals surface area (Å²) in [6, 6.07) is 9.92. The van der Waals surface area contributed by atoms with Gasteiger partial charge in [-0.1, -0.05) is 29.3 Å². The first-order valence-corrected chi connectivity index (χ1v) is 7.89. The molecule has 128 valence electrons. The van der Waals surface area contributed by atoms with Crippen LogP contribution in [0.5, 0.6) is 0 Å². The number of rotatable bonds is 6. The molecule has 5 N–H and O–H groups in total. The summed E-state index contributed by atoms with van der Waals surface area (Å²) < 4.78 is 0. The maximum Gasteiger partial charge on any atom is 0.256 e. The molecule has 2 heterocycles. The van der Waals surface area contributed by atoms with Gasteiger partial charge < -0.3 is 16.4 Å². The minimum absolute atomic E-state index is 0.285. The first-order chi connectivity index (χ1) is 12.0. The molecule has 3 aromatic rings. The first-order valence-electron chi connectivity index (χ1n) is 7.89. The minimum Gasteiger partial charge on any atom is -0.365 e. The number of aromatic amines is 1. The van der Waals surface area contributed by atoms with Crippen molar-refractivity contribution >= 4 is 23.2 Å². The zero-order valence-corrected chi connectivity index (χ0v) is 14.1. The van der Waals surface area contributed by atoms with E-state index in [4.69, 9.17) is 5.73 Å². The first kappa shape index (κ1) is 16.5. The van der Waals surface area contributed by atoms with Crippen LogP contribution >= 0.6 is 0 Å². The van der Waals surface area contributed by atoms with E-state index in [2.05, 4.69) is 57.9 Å². The number of hydrogen-bond donors (Lipinski definition) is 4. The molecule has 0 unspecified atom stereocenters. The molecule has 0 fully saturated rings. The van der Waals surface area contributed by atoms with E-state index in [0.29, 0.717) is 18.2 Å². The number of benzene rings is 1. The number of carbonyl (C=O) groups excluding carboxylic acids is 1. The fourth-order valence-corrected chi connectivity index (χ4v) is 2.74. The highest BCUT2D eigenvalue weighted by atomic mass is 16.1. The third kappa shape index (κ3) is 3.95. The van der Waals surface area contributed by atoms with E-state index in [1.54, 1.807) is 18.5 Å². The Labute approximate surface area is 145 Å². The van der Waals surface area contributed by atoms with E-state index >= 15 is 0 Å². The van der Waals surface area contributed by atoms with Gasteiger partial charge in [0.05, 0.1) is 11.9 Å². The summed E-state index contributed by atoms with van der Waals surface area (Å²) in [5.41, 5.74) is 10.0. The lowest BCUT2D eigenvalue weighted by Crippen LogP contribution is -2.15.